The smallest absolute Gasteiger partial charge is 0.405 e. The highest BCUT2D eigenvalue weighted by atomic mass is 16.5. The van der Waals surface area contributed by atoms with Gasteiger partial charge in [0, 0.05) is 12.7 Å². The summed E-state index contributed by atoms with van der Waals surface area (Å²) in [5.74, 6) is -0.227. The van der Waals surface area contributed by atoms with Gasteiger partial charge in [-0.1, -0.05) is 41.5 Å². The third-order valence-electron chi connectivity index (χ3n) is 6.69. The van der Waals surface area contributed by atoms with Crippen LogP contribution in [0.1, 0.15) is 58.2 Å². The van der Waals surface area contributed by atoms with Crippen LogP contribution in [0.3, 0.4) is 0 Å². The van der Waals surface area contributed by atoms with E-state index in [2.05, 4.69) is 5.32 Å². The Hall–Kier alpha value is -3.79. The zero-order valence-corrected chi connectivity index (χ0v) is 22.5. The average Bonchev–Trinajstić information content (AvgIpc) is 2.79. The highest BCUT2D eigenvalue weighted by molar-refractivity contribution is 6.11. The van der Waals surface area contributed by atoms with Crippen LogP contribution >= 0.6 is 0 Å². The molecule has 1 saturated heterocycles. The van der Waals surface area contributed by atoms with E-state index in [4.69, 9.17) is 10.5 Å². The number of benzene rings is 2. The minimum Gasteiger partial charge on any atom is -0.507 e. The number of likely N-dealkylation sites (N-methyl/N-ethyl adjacent to an activating group) is 1. The molecule has 0 bridgehead atoms. The number of carboxylic acid groups (broad SMARTS) is 1. The number of hydrogen-bond donors (Lipinski definition) is 4. The van der Waals surface area contributed by atoms with Crippen molar-refractivity contribution in [3.63, 3.8) is 0 Å². The summed E-state index contributed by atoms with van der Waals surface area (Å²) in [5, 5.41) is 23.5. The summed E-state index contributed by atoms with van der Waals surface area (Å²) < 4.78 is 5.20. The number of rotatable bonds is 4. The van der Waals surface area contributed by atoms with E-state index in [1.807, 2.05) is 41.5 Å². The fraction of sp³-hybridized carbons (Fsp3) is 0.444. The maximum Gasteiger partial charge on any atom is 0.405 e. The Kier molecular flexibility index (Phi) is 6.96. The Morgan fingerprint density at radius 1 is 1.03 bits per heavy atom. The summed E-state index contributed by atoms with van der Waals surface area (Å²) in [6, 6.07) is 8.94. The Balaban J connectivity index is 2.40. The normalized spacial score (nSPS) is 20.7. The van der Waals surface area contributed by atoms with Crippen LogP contribution in [-0.4, -0.2) is 53.5 Å². The molecule has 10 heteroatoms. The fourth-order valence-corrected chi connectivity index (χ4v) is 4.63. The third kappa shape index (κ3) is 4.69. The first-order valence-corrected chi connectivity index (χ1v) is 11.9. The van der Waals surface area contributed by atoms with Gasteiger partial charge in [-0.2, -0.15) is 0 Å². The molecule has 1 heterocycles. The van der Waals surface area contributed by atoms with Gasteiger partial charge in [0.05, 0.1) is 7.11 Å². The molecule has 0 spiro atoms. The van der Waals surface area contributed by atoms with E-state index in [1.54, 1.807) is 36.4 Å². The molecule has 4 amide bonds. The Morgan fingerprint density at radius 2 is 1.51 bits per heavy atom. The number of phenols is 1. The molecule has 3 rings (SSSR count). The van der Waals surface area contributed by atoms with Crippen molar-refractivity contribution < 1.29 is 29.3 Å². The SMILES string of the molecule is COc1ccc(N2C(=O)N(C)C(=O)C(NC(=O)O)(c3cc(C(C)(C)C)c(O)c(C(C)(C)C)c3)C2N)cc1. The van der Waals surface area contributed by atoms with Crippen molar-refractivity contribution in [2.45, 2.75) is 64.1 Å². The summed E-state index contributed by atoms with van der Waals surface area (Å²) in [7, 11) is 2.78. The van der Waals surface area contributed by atoms with Crippen LogP contribution in [0.5, 0.6) is 11.5 Å². The predicted molar refractivity (Wildman–Crippen MR) is 140 cm³/mol. The number of urea groups is 1. The van der Waals surface area contributed by atoms with E-state index < -0.39 is 40.6 Å². The quantitative estimate of drug-likeness (QED) is 0.487. The molecule has 1 fully saturated rings. The number of imide groups is 1. The number of nitrogens with two attached hydrogens (primary N) is 1. The maximum absolute atomic E-state index is 13.9. The highest BCUT2D eigenvalue weighted by Crippen LogP contribution is 2.44. The number of phenolic OH excluding ortho intramolecular Hbond substituents is 1. The number of carbonyl (C=O) groups excluding carboxylic acids is 2. The average molecular weight is 513 g/mol. The van der Waals surface area contributed by atoms with E-state index in [1.165, 1.54) is 19.1 Å². The van der Waals surface area contributed by atoms with Crippen molar-refractivity contribution in [3.05, 3.63) is 53.1 Å². The fourth-order valence-electron chi connectivity index (χ4n) is 4.63. The number of carbonyl (C=O) groups is 3. The Bertz CT molecular complexity index is 1190. The van der Waals surface area contributed by atoms with Crippen LogP contribution in [-0.2, 0) is 21.2 Å². The van der Waals surface area contributed by atoms with E-state index in [0.717, 1.165) is 4.90 Å². The number of anilines is 1. The van der Waals surface area contributed by atoms with Gasteiger partial charge in [0.15, 0.2) is 5.54 Å². The monoisotopic (exact) mass is 512 g/mol. The first kappa shape index (κ1) is 27.8. The molecule has 10 nitrogen and oxygen atoms in total. The number of nitrogens with one attached hydrogen (secondary N) is 1. The summed E-state index contributed by atoms with van der Waals surface area (Å²) in [4.78, 5) is 41.4. The van der Waals surface area contributed by atoms with Gasteiger partial charge in [-0.25, -0.2) is 9.59 Å². The van der Waals surface area contributed by atoms with Crippen molar-refractivity contribution in [1.82, 2.24) is 10.2 Å². The minimum absolute atomic E-state index is 0.0579. The van der Waals surface area contributed by atoms with Gasteiger partial charge in [0.2, 0.25) is 0 Å². The van der Waals surface area contributed by atoms with E-state index in [9.17, 15) is 24.6 Å². The van der Waals surface area contributed by atoms with Crippen LogP contribution in [0.4, 0.5) is 15.3 Å². The molecule has 200 valence electrons. The molecule has 1 aliphatic heterocycles. The van der Waals surface area contributed by atoms with Crippen LogP contribution < -0.4 is 20.7 Å². The molecular formula is C27H36N4O6. The lowest BCUT2D eigenvalue weighted by molar-refractivity contribution is -0.137. The van der Waals surface area contributed by atoms with Crippen LogP contribution in [0.15, 0.2) is 36.4 Å². The number of methoxy groups -OCH3 is 1. The lowest BCUT2D eigenvalue weighted by Gasteiger charge is -2.49. The molecule has 37 heavy (non-hydrogen) atoms. The lowest BCUT2D eigenvalue weighted by Crippen LogP contribution is -2.76. The number of amides is 4. The molecule has 0 aromatic heterocycles. The summed E-state index contributed by atoms with van der Waals surface area (Å²) >= 11 is 0. The minimum atomic E-state index is -2.08. The zero-order chi connectivity index (χ0) is 28.1. The van der Waals surface area contributed by atoms with Crippen LogP contribution in [0.25, 0.3) is 0 Å². The largest absolute Gasteiger partial charge is 0.507 e. The molecular weight excluding hydrogens is 476 g/mol. The summed E-state index contributed by atoms with van der Waals surface area (Å²) in [6.45, 7) is 11.4. The summed E-state index contributed by atoms with van der Waals surface area (Å²) in [6.07, 6.45) is -2.96. The molecule has 2 aromatic rings. The topological polar surface area (TPSA) is 145 Å². The van der Waals surface area contributed by atoms with E-state index in [0.29, 0.717) is 22.6 Å². The predicted octanol–water partition coefficient (Wildman–Crippen LogP) is 3.84. The number of ether oxygens (including phenoxy) is 1. The van der Waals surface area contributed by atoms with Gasteiger partial charge in [0.25, 0.3) is 5.91 Å². The van der Waals surface area contributed by atoms with Crippen molar-refractivity contribution in [2.75, 3.05) is 19.1 Å². The number of aromatic hydroxyl groups is 1. The van der Waals surface area contributed by atoms with Crippen molar-refractivity contribution >= 4 is 23.7 Å². The van der Waals surface area contributed by atoms with Gasteiger partial charge in [-0.3, -0.25) is 14.6 Å². The second-order valence-electron chi connectivity index (χ2n) is 11.3. The van der Waals surface area contributed by atoms with E-state index in [-0.39, 0.29) is 11.3 Å². The molecule has 2 atom stereocenters. The molecule has 2 aromatic carbocycles. The maximum atomic E-state index is 13.9. The second-order valence-corrected chi connectivity index (χ2v) is 11.3. The first-order valence-electron chi connectivity index (χ1n) is 11.9. The second kappa shape index (κ2) is 9.26. The van der Waals surface area contributed by atoms with Crippen LogP contribution in [0, 0.1) is 0 Å². The Labute approximate surface area is 217 Å². The molecule has 0 aliphatic carbocycles. The van der Waals surface area contributed by atoms with Crippen molar-refractivity contribution in [1.29, 1.82) is 0 Å². The Morgan fingerprint density at radius 3 is 1.92 bits per heavy atom. The number of nitrogens with zero attached hydrogens (tertiary/aromatic N) is 2. The van der Waals surface area contributed by atoms with Crippen LogP contribution in [0.2, 0.25) is 0 Å². The third-order valence-corrected chi connectivity index (χ3v) is 6.69. The number of hydrogen-bond acceptors (Lipinski definition) is 6. The standard InChI is InChI=1S/C27H36N4O6/c1-25(2,3)18-13-15(14-19(20(18)32)26(4,5)6)27(29-23(34)35)21(28)31(24(36)30(7)22(27)33)16-9-11-17(37-8)12-10-16/h9-14,21,29,32H,28H2,1-8H3,(H,34,35). The van der Waals surface area contributed by atoms with E-state index >= 15 is 0 Å². The zero-order valence-electron chi connectivity index (χ0n) is 22.5. The highest BCUT2D eigenvalue weighted by Gasteiger charge is 2.58. The van der Waals surface area contributed by atoms with Gasteiger partial charge in [-0.05, 0) is 63.9 Å². The van der Waals surface area contributed by atoms with Crippen molar-refractivity contribution in [2.24, 2.45) is 5.73 Å². The van der Waals surface area contributed by atoms with Gasteiger partial charge in [0.1, 0.15) is 17.7 Å². The molecule has 2 unspecified atom stereocenters. The lowest BCUT2D eigenvalue weighted by atomic mass is 9.74. The molecule has 5 N–H and O–H groups in total. The molecule has 0 saturated carbocycles. The van der Waals surface area contributed by atoms with Gasteiger partial charge in [-0.15, -0.1) is 0 Å². The summed E-state index contributed by atoms with van der Waals surface area (Å²) in [5.41, 5.74) is 5.06. The first-order chi connectivity index (χ1) is 17.0. The molecule has 0 radical (unpaired) electrons. The van der Waals surface area contributed by atoms with Gasteiger partial charge >= 0.3 is 12.1 Å². The van der Waals surface area contributed by atoms with Gasteiger partial charge < -0.3 is 26.0 Å². The molecule has 1 aliphatic rings. The van der Waals surface area contributed by atoms with Crippen molar-refractivity contribution in [3.8, 4) is 11.5 Å².